The number of rotatable bonds is 4. The van der Waals surface area contributed by atoms with Gasteiger partial charge in [0.2, 0.25) is 11.2 Å². The summed E-state index contributed by atoms with van der Waals surface area (Å²) in [5, 5.41) is -0.0573. The molecule has 1 unspecified atom stereocenters. The fraction of sp³-hybridized carbons (Fsp3) is 0.316. The molecule has 0 N–H and O–H groups in total. The largest absolute Gasteiger partial charge is 0.465 e. The Kier molecular flexibility index (Phi) is 5.60. The van der Waals surface area contributed by atoms with Gasteiger partial charge in [0.1, 0.15) is 0 Å². The van der Waals surface area contributed by atoms with Crippen LogP contribution in [0, 0.1) is 6.92 Å². The first-order valence-electron chi connectivity index (χ1n) is 8.55. The number of halogens is 1. The molecule has 0 spiro atoms. The zero-order valence-corrected chi connectivity index (χ0v) is 16.3. The smallest absolute Gasteiger partial charge is 0.337 e. The number of hydrogen-bond acceptors (Lipinski definition) is 7. The summed E-state index contributed by atoms with van der Waals surface area (Å²) in [6, 6.07) is 4.88. The van der Waals surface area contributed by atoms with Crippen LogP contribution in [0.1, 0.15) is 40.0 Å². The number of carbonyl (C=O) groups is 3. The zero-order chi connectivity index (χ0) is 20.4. The molecular formula is C19H18ClN3O5. The van der Waals surface area contributed by atoms with E-state index < -0.39 is 23.8 Å². The molecule has 9 heteroatoms. The predicted molar refractivity (Wildman–Crippen MR) is 100 cm³/mol. The Morgan fingerprint density at radius 3 is 2.79 bits per heavy atom. The van der Waals surface area contributed by atoms with Gasteiger partial charge in [-0.2, -0.15) is 0 Å². The molecule has 146 valence electrons. The van der Waals surface area contributed by atoms with Crippen LogP contribution in [-0.4, -0.2) is 41.5 Å². The molecule has 1 aliphatic rings. The number of aromatic nitrogens is 2. The summed E-state index contributed by atoms with van der Waals surface area (Å²) in [6.07, 6.45) is 1.48. The number of ether oxygens (including phenoxy) is 2. The van der Waals surface area contributed by atoms with E-state index in [0.29, 0.717) is 16.8 Å². The van der Waals surface area contributed by atoms with Gasteiger partial charge in [0, 0.05) is 17.4 Å². The minimum absolute atomic E-state index is 0.0573. The van der Waals surface area contributed by atoms with Crippen LogP contribution in [0.3, 0.4) is 0 Å². The third kappa shape index (κ3) is 3.55. The fourth-order valence-corrected chi connectivity index (χ4v) is 3.22. The first-order chi connectivity index (χ1) is 13.4. The average molecular weight is 404 g/mol. The first-order valence-corrected chi connectivity index (χ1v) is 8.93. The lowest BCUT2D eigenvalue weighted by molar-refractivity contribution is -0.148. The van der Waals surface area contributed by atoms with Gasteiger partial charge in [-0.05, 0) is 43.1 Å². The monoisotopic (exact) mass is 403 g/mol. The molecule has 0 radical (unpaired) electrons. The van der Waals surface area contributed by atoms with Crippen LogP contribution in [0.2, 0.25) is 5.28 Å². The summed E-state index contributed by atoms with van der Waals surface area (Å²) < 4.78 is 9.83. The number of carbonyl (C=O) groups excluding carboxylic acids is 3. The van der Waals surface area contributed by atoms with E-state index in [4.69, 9.17) is 21.1 Å². The van der Waals surface area contributed by atoms with Crippen LogP contribution < -0.4 is 4.90 Å². The molecule has 1 aromatic carbocycles. The molecule has 1 amide bonds. The van der Waals surface area contributed by atoms with Gasteiger partial charge in [-0.3, -0.25) is 9.59 Å². The van der Waals surface area contributed by atoms with Crippen LogP contribution in [0.4, 0.5) is 5.69 Å². The van der Waals surface area contributed by atoms with Gasteiger partial charge in [0.05, 0.1) is 31.5 Å². The number of aryl methyl sites for hydroxylation is 1. The second-order valence-corrected chi connectivity index (χ2v) is 6.49. The highest BCUT2D eigenvalue weighted by atomic mass is 35.5. The number of benzene rings is 1. The highest BCUT2D eigenvalue weighted by molar-refractivity contribution is 6.28. The summed E-state index contributed by atoms with van der Waals surface area (Å²) >= 11 is 5.87. The highest BCUT2D eigenvalue weighted by Gasteiger charge is 2.42. The van der Waals surface area contributed by atoms with Crippen molar-refractivity contribution in [1.82, 2.24) is 9.97 Å². The van der Waals surface area contributed by atoms with Crippen molar-refractivity contribution in [2.75, 3.05) is 18.6 Å². The molecule has 3 rings (SSSR count). The third-order valence-corrected chi connectivity index (χ3v) is 4.61. The quantitative estimate of drug-likeness (QED) is 0.439. The molecule has 0 fully saturated rings. The number of hydrogen-bond donors (Lipinski definition) is 0. The second kappa shape index (κ2) is 7.93. The van der Waals surface area contributed by atoms with Gasteiger partial charge in [-0.1, -0.05) is 6.07 Å². The maximum atomic E-state index is 13.2. The van der Waals surface area contributed by atoms with Crippen molar-refractivity contribution in [2.24, 2.45) is 0 Å². The van der Waals surface area contributed by atoms with E-state index in [1.807, 2.05) is 0 Å². The number of amides is 1. The Morgan fingerprint density at radius 2 is 2.11 bits per heavy atom. The van der Waals surface area contributed by atoms with Gasteiger partial charge >= 0.3 is 11.9 Å². The summed E-state index contributed by atoms with van der Waals surface area (Å²) in [5.41, 5.74) is 2.35. The lowest BCUT2D eigenvalue weighted by atomic mass is 9.93. The number of anilines is 1. The number of fused-ring (bicyclic) bond motifs is 1. The van der Waals surface area contributed by atoms with Crippen molar-refractivity contribution >= 4 is 35.1 Å². The molecule has 1 atom stereocenters. The molecule has 28 heavy (non-hydrogen) atoms. The van der Waals surface area contributed by atoms with Crippen molar-refractivity contribution in [3.8, 4) is 0 Å². The Labute approximate surface area is 166 Å². The Balaban J connectivity index is 2.11. The topological polar surface area (TPSA) is 98.7 Å². The van der Waals surface area contributed by atoms with Crippen LogP contribution in [-0.2, 0) is 25.6 Å². The lowest BCUT2D eigenvalue weighted by Crippen LogP contribution is -2.44. The molecule has 0 saturated heterocycles. The molecule has 1 aromatic heterocycles. The van der Waals surface area contributed by atoms with Crippen molar-refractivity contribution in [2.45, 2.75) is 26.3 Å². The minimum Gasteiger partial charge on any atom is -0.465 e. The molecule has 0 saturated carbocycles. The molecule has 8 nitrogen and oxygen atoms in total. The highest BCUT2D eigenvalue weighted by Crippen LogP contribution is 2.34. The summed E-state index contributed by atoms with van der Waals surface area (Å²) in [4.78, 5) is 47.1. The fourth-order valence-electron chi connectivity index (χ4n) is 3.08. The molecule has 0 aliphatic carbocycles. The van der Waals surface area contributed by atoms with Crippen LogP contribution in [0.5, 0.6) is 0 Å². The zero-order valence-electron chi connectivity index (χ0n) is 15.6. The van der Waals surface area contributed by atoms with Gasteiger partial charge in [0.15, 0.2) is 5.92 Å². The van der Waals surface area contributed by atoms with Gasteiger partial charge < -0.3 is 14.4 Å². The van der Waals surface area contributed by atoms with Crippen LogP contribution in [0.15, 0.2) is 24.4 Å². The predicted octanol–water partition coefficient (Wildman–Crippen LogP) is 2.42. The van der Waals surface area contributed by atoms with Gasteiger partial charge in [-0.25, -0.2) is 14.8 Å². The van der Waals surface area contributed by atoms with Crippen LogP contribution >= 0.6 is 11.6 Å². The van der Waals surface area contributed by atoms with E-state index in [9.17, 15) is 14.4 Å². The molecule has 2 heterocycles. The van der Waals surface area contributed by atoms with Gasteiger partial charge in [-0.15, -0.1) is 0 Å². The molecule has 0 bridgehead atoms. The standard InChI is InChI=1S/C19H18ClN3O5/c1-4-28-18(26)14-15-12(8-21-19(20)22-15)9-23(16(14)24)13-7-11(17(25)27-3)6-5-10(13)2/h5-8,14H,4,9H2,1-3H3. The van der Waals surface area contributed by atoms with Crippen molar-refractivity contribution in [3.05, 3.63) is 52.1 Å². The maximum Gasteiger partial charge on any atom is 0.337 e. The number of nitrogens with zero attached hydrogens (tertiary/aromatic N) is 3. The lowest BCUT2D eigenvalue weighted by Gasteiger charge is -2.33. The molecule has 1 aliphatic heterocycles. The van der Waals surface area contributed by atoms with Crippen molar-refractivity contribution in [1.29, 1.82) is 0 Å². The summed E-state index contributed by atoms with van der Waals surface area (Å²) in [6.45, 7) is 3.71. The first kappa shape index (κ1) is 19.8. The van der Waals surface area contributed by atoms with E-state index >= 15 is 0 Å². The third-order valence-electron chi connectivity index (χ3n) is 4.43. The SMILES string of the molecule is CCOC(=O)C1C(=O)N(c2cc(C(=O)OC)ccc2C)Cc2cnc(Cl)nc21. The maximum absolute atomic E-state index is 13.2. The van der Waals surface area contributed by atoms with E-state index in [1.165, 1.54) is 18.2 Å². The Hall–Kier alpha value is -3.00. The average Bonchev–Trinajstić information content (AvgIpc) is 2.67. The van der Waals surface area contributed by atoms with Gasteiger partial charge in [0.25, 0.3) is 0 Å². The normalized spacial score (nSPS) is 15.8. The Morgan fingerprint density at radius 1 is 1.36 bits per heavy atom. The number of methoxy groups -OCH3 is 1. The second-order valence-electron chi connectivity index (χ2n) is 6.15. The van der Waals surface area contributed by atoms with E-state index in [1.54, 1.807) is 32.0 Å². The summed E-state index contributed by atoms with van der Waals surface area (Å²) in [5.74, 6) is -3.01. The minimum atomic E-state index is -1.26. The van der Waals surface area contributed by atoms with E-state index in [-0.39, 0.29) is 24.1 Å². The molecule has 2 aromatic rings. The van der Waals surface area contributed by atoms with Crippen LogP contribution in [0.25, 0.3) is 0 Å². The summed E-state index contributed by atoms with van der Waals surface area (Å²) in [7, 11) is 1.28. The molecular weight excluding hydrogens is 386 g/mol. The number of esters is 2. The van der Waals surface area contributed by atoms with Crippen molar-refractivity contribution < 1.29 is 23.9 Å². The Bertz CT molecular complexity index is 963. The van der Waals surface area contributed by atoms with Crippen molar-refractivity contribution in [3.63, 3.8) is 0 Å². The van der Waals surface area contributed by atoms with E-state index in [0.717, 1.165) is 5.56 Å². The van der Waals surface area contributed by atoms with E-state index in [2.05, 4.69) is 9.97 Å².